The lowest BCUT2D eigenvalue weighted by atomic mass is 9.77. The molecule has 0 heterocycles. The van der Waals surface area contributed by atoms with Crippen LogP contribution < -0.4 is 0 Å². The number of hydrogen-bond donors (Lipinski definition) is 0. The number of fused-ring (bicyclic) bond motifs is 2. The molecule has 1 heteroatoms. The zero-order valence-corrected chi connectivity index (χ0v) is 26.7. The van der Waals surface area contributed by atoms with E-state index in [4.69, 9.17) is 0 Å². The summed E-state index contributed by atoms with van der Waals surface area (Å²) in [6, 6.07) is 21.5. The first kappa shape index (κ1) is 27.9. The molecule has 0 aliphatic rings. The molecule has 0 amide bonds. The fourth-order valence-corrected chi connectivity index (χ4v) is 5.75. The van der Waals surface area contributed by atoms with Crippen molar-refractivity contribution in [3.05, 3.63) is 81.3 Å². The Balaban J connectivity index is 2.27. The quantitative estimate of drug-likeness (QED) is 0.204. The van der Waals surface area contributed by atoms with Crippen LogP contribution in [0.15, 0.2) is 59.1 Å². The van der Waals surface area contributed by atoms with Crippen molar-refractivity contribution < 1.29 is 0 Å². The van der Waals surface area contributed by atoms with E-state index < -0.39 is 0 Å². The molecule has 4 aromatic carbocycles. The van der Waals surface area contributed by atoms with E-state index in [1.54, 1.807) is 0 Å². The summed E-state index contributed by atoms with van der Waals surface area (Å²) < 4.78 is 1.19. The second-order valence-electron chi connectivity index (χ2n) is 15.0. The zero-order chi connectivity index (χ0) is 27.7. The molecule has 196 valence electrons. The van der Waals surface area contributed by atoms with Gasteiger partial charge >= 0.3 is 0 Å². The van der Waals surface area contributed by atoms with Gasteiger partial charge in [-0.15, -0.1) is 0 Å². The van der Waals surface area contributed by atoms with E-state index in [1.807, 2.05) is 0 Å². The first-order valence-electron chi connectivity index (χ1n) is 13.6. The molecule has 0 N–H and O–H groups in total. The minimum Gasteiger partial charge on any atom is -0.0578 e. The van der Waals surface area contributed by atoms with Gasteiger partial charge in [0.2, 0.25) is 0 Å². The third kappa shape index (κ3) is 5.40. The summed E-state index contributed by atoms with van der Waals surface area (Å²) in [6.07, 6.45) is 0. The highest BCUT2D eigenvalue weighted by molar-refractivity contribution is 9.10. The summed E-state index contributed by atoms with van der Waals surface area (Å²) in [7, 11) is 0. The van der Waals surface area contributed by atoms with Crippen molar-refractivity contribution in [1.82, 2.24) is 0 Å². The molecule has 4 rings (SSSR count). The molecule has 0 atom stereocenters. The fraction of sp³-hybridized carbons (Fsp3) is 0.444. The molecule has 0 aromatic heterocycles. The molecule has 0 nitrogen and oxygen atoms in total. The van der Waals surface area contributed by atoms with Gasteiger partial charge < -0.3 is 0 Å². The highest BCUT2D eigenvalue weighted by atomic mass is 79.9. The van der Waals surface area contributed by atoms with Crippen molar-refractivity contribution in [1.29, 1.82) is 0 Å². The smallest absolute Gasteiger partial charge is 0.0332 e. The van der Waals surface area contributed by atoms with Gasteiger partial charge in [-0.25, -0.2) is 0 Å². The van der Waals surface area contributed by atoms with Crippen molar-refractivity contribution in [3.8, 4) is 11.1 Å². The van der Waals surface area contributed by atoms with Gasteiger partial charge in [0.05, 0.1) is 0 Å². The highest BCUT2D eigenvalue weighted by Crippen LogP contribution is 2.45. The SMILES string of the molecule is CC(C)(C)c1cc(-c2c3cc(C(C)(C)C)ccc3c(Br)c3ccc(C(C)(C)C)cc23)cc(C(C)(C)C)c1. The molecule has 4 aromatic rings. The summed E-state index contributed by atoms with van der Waals surface area (Å²) in [5.74, 6) is 0. The lowest BCUT2D eigenvalue weighted by Crippen LogP contribution is -2.16. The monoisotopic (exact) mass is 556 g/mol. The van der Waals surface area contributed by atoms with E-state index in [-0.39, 0.29) is 21.7 Å². The van der Waals surface area contributed by atoms with Crippen LogP contribution in [0.4, 0.5) is 0 Å². The molecule has 0 saturated heterocycles. The Bertz CT molecular complexity index is 1380. The summed E-state index contributed by atoms with van der Waals surface area (Å²) in [6.45, 7) is 27.8. The molecule has 0 fully saturated rings. The number of hydrogen-bond acceptors (Lipinski definition) is 0. The third-order valence-electron chi connectivity index (χ3n) is 7.74. The first-order chi connectivity index (χ1) is 16.8. The van der Waals surface area contributed by atoms with Crippen molar-refractivity contribution in [3.63, 3.8) is 0 Å². The molecule has 0 spiro atoms. The Hall–Kier alpha value is -2.12. The van der Waals surface area contributed by atoms with Gasteiger partial charge in [0.1, 0.15) is 0 Å². The Kier molecular flexibility index (Phi) is 6.77. The average Bonchev–Trinajstić information content (AvgIpc) is 2.76. The Morgan fingerprint density at radius 2 is 0.757 bits per heavy atom. The van der Waals surface area contributed by atoms with Crippen LogP contribution in [-0.2, 0) is 21.7 Å². The maximum absolute atomic E-state index is 4.03. The fourth-order valence-electron chi connectivity index (χ4n) is 5.06. The van der Waals surface area contributed by atoms with Crippen LogP contribution in [0.25, 0.3) is 32.7 Å². The standard InChI is InChI=1S/C36H45Br/c1-33(2,3)23-13-15-27-29(20-23)31(30-21-24(34(4,5)6)14-16-28(30)32(27)37)22-17-25(35(7,8)9)19-26(18-22)36(10,11)12/h13-21H,1-12H3. The molecule has 0 bridgehead atoms. The Labute approximate surface area is 234 Å². The normalized spacial score (nSPS) is 13.5. The molecule has 0 aliphatic carbocycles. The van der Waals surface area contributed by atoms with Gasteiger partial charge in [-0.2, -0.15) is 0 Å². The van der Waals surface area contributed by atoms with Crippen LogP contribution in [0, 0.1) is 0 Å². The van der Waals surface area contributed by atoms with E-state index in [1.165, 1.54) is 59.4 Å². The van der Waals surface area contributed by atoms with Crippen LogP contribution in [0.5, 0.6) is 0 Å². The predicted octanol–water partition coefficient (Wildman–Crippen LogP) is 11.6. The minimum absolute atomic E-state index is 0.0596. The number of rotatable bonds is 1. The lowest BCUT2D eigenvalue weighted by Gasteiger charge is -2.28. The van der Waals surface area contributed by atoms with Crippen molar-refractivity contribution in [2.75, 3.05) is 0 Å². The first-order valence-corrected chi connectivity index (χ1v) is 14.4. The lowest BCUT2D eigenvalue weighted by molar-refractivity contribution is 0.569. The third-order valence-corrected chi connectivity index (χ3v) is 8.59. The maximum atomic E-state index is 4.03. The summed E-state index contributed by atoms with van der Waals surface area (Å²) >= 11 is 4.03. The van der Waals surface area contributed by atoms with Crippen LogP contribution >= 0.6 is 15.9 Å². The molecular formula is C36H45Br. The Morgan fingerprint density at radius 3 is 1.08 bits per heavy atom. The Morgan fingerprint density at radius 1 is 0.405 bits per heavy atom. The average molecular weight is 558 g/mol. The maximum Gasteiger partial charge on any atom is 0.0332 e. The second kappa shape index (κ2) is 8.98. The minimum atomic E-state index is 0.0596. The van der Waals surface area contributed by atoms with Crippen LogP contribution in [0.2, 0.25) is 0 Å². The van der Waals surface area contributed by atoms with Gasteiger partial charge in [-0.3, -0.25) is 0 Å². The van der Waals surface area contributed by atoms with Crippen molar-refractivity contribution in [2.45, 2.75) is 105 Å². The van der Waals surface area contributed by atoms with Crippen molar-refractivity contribution >= 4 is 37.5 Å². The van der Waals surface area contributed by atoms with Crippen LogP contribution in [-0.4, -0.2) is 0 Å². The van der Waals surface area contributed by atoms with E-state index in [0.717, 1.165) is 0 Å². The molecular weight excluding hydrogens is 512 g/mol. The van der Waals surface area contributed by atoms with Gasteiger partial charge in [0.15, 0.2) is 0 Å². The molecule has 0 unspecified atom stereocenters. The molecule has 0 radical (unpaired) electrons. The van der Waals surface area contributed by atoms with E-state index >= 15 is 0 Å². The largest absolute Gasteiger partial charge is 0.0578 e. The summed E-state index contributed by atoms with van der Waals surface area (Å²) in [5, 5.41) is 5.20. The van der Waals surface area contributed by atoms with Gasteiger partial charge in [0.25, 0.3) is 0 Å². The van der Waals surface area contributed by atoms with Gasteiger partial charge in [-0.05, 0) is 105 Å². The second-order valence-corrected chi connectivity index (χ2v) is 15.8. The molecule has 37 heavy (non-hydrogen) atoms. The van der Waals surface area contributed by atoms with Gasteiger partial charge in [-0.1, -0.05) is 126 Å². The van der Waals surface area contributed by atoms with E-state index in [9.17, 15) is 0 Å². The number of halogens is 1. The molecule has 0 saturated carbocycles. The summed E-state index contributed by atoms with van der Waals surface area (Å²) in [5.41, 5.74) is 8.43. The van der Waals surface area contributed by atoms with Gasteiger partial charge in [0, 0.05) is 4.47 Å². The highest BCUT2D eigenvalue weighted by Gasteiger charge is 2.25. The zero-order valence-electron chi connectivity index (χ0n) is 25.1. The molecule has 0 aliphatic heterocycles. The van der Waals surface area contributed by atoms with Crippen LogP contribution in [0.1, 0.15) is 105 Å². The van der Waals surface area contributed by atoms with Crippen molar-refractivity contribution in [2.24, 2.45) is 0 Å². The predicted molar refractivity (Wildman–Crippen MR) is 169 cm³/mol. The van der Waals surface area contributed by atoms with E-state index in [0.29, 0.717) is 0 Å². The van der Waals surface area contributed by atoms with Crippen LogP contribution in [0.3, 0.4) is 0 Å². The summed E-state index contributed by atoms with van der Waals surface area (Å²) in [4.78, 5) is 0. The number of benzene rings is 4. The topological polar surface area (TPSA) is 0 Å². The van der Waals surface area contributed by atoms with E-state index in [2.05, 4.69) is 154 Å².